The molecule has 0 radical (unpaired) electrons. The van der Waals surface area contributed by atoms with Crippen molar-refractivity contribution in [2.75, 3.05) is 6.61 Å². The largest absolute Gasteiger partial charge is 0.573 e. The molecule has 0 aliphatic carbocycles. The van der Waals surface area contributed by atoms with Crippen molar-refractivity contribution in [2.45, 2.75) is 58.5 Å². The van der Waals surface area contributed by atoms with E-state index < -0.39 is 12.3 Å². The van der Waals surface area contributed by atoms with Crippen LogP contribution < -0.4 is 20.1 Å². The Morgan fingerprint density at radius 3 is 2.50 bits per heavy atom. The fourth-order valence-corrected chi connectivity index (χ4v) is 3.39. The Kier molecular flexibility index (Phi) is 9.76. The van der Waals surface area contributed by atoms with Crippen molar-refractivity contribution >= 4 is 23.2 Å². The minimum absolute atomic E-state index is 0.0603. The van der Waals surface area contributed by atoms with Crippen LogP contribution >= 0.6 is 11.3 Å². The molecule has 0 aliphatic rings. The first kappa shape index (κ1) is 25.4. The van der Waals surface area contributed by atoms with Crippen LogP contribution in [0.15, 0.2) is 29.6 Å². The van der Waals surface area contributed by atoms with Gasteiger partial charge in [-0.15, -0.1) is 24.5 Å². The van der Waals surface area contributed by atoms with Crippen LogP contribution in [0, 0.1) is 0 Å². The molecular weight excluding hydrogens is 447 g/mol. The molecule has 1 aromatic carbocycles. The number of aromatic nitrogens is 1. The molecule has 32 heavy (non-hydrogen) atoms. The van der Waals surface area contributed by atoms with Crippen molar-refractivity contribution in [3.05, 3.63) is 40.3 Å². The number of ether oxygens (including phenoxy) is 2. The van der Waals surface area contributed by atoms with Crippen LogP contribution in [0.2, 0.25) is 0 Å². The Morgan fingerprint density at radius 1 is 1.16 bits per heavy atom. The number of amides is 2. The lowest BCUT2D eigenvalue weighted by Crippen LogP contribution is -2.32. The zero-order valence-corrected chi connectivity index (χ0v) is 18.6. The predicted octanol–water partition coefficient (Wildman–Crippen LogP) is 4.44. The Hall–Kier alpha value is -2.82. The highest BCUT2D eigenvalue weighted by atomic mass is 32.1. The topological polar surface area (TPSA) is 89.6 Å². The second-order valence-electron chi connectivity index (χ2n) is 7.08. The molecule has 0 spiro atoms. The third-order valence-corrected chi connectivity index (χ3v) is 5.12. The normalized spacial score (nSPS) is 12.2. The molecule has 176 valence electrons. The molecule has 0 saturated carbocycles. The van der Waals surface area contributed by atoms with Crippen molar-refractivity contribution in [3.8, 4) is 11.5 Å². The minimum Gasteiger partial charge on any atom is -0.484 e. The molecule has 11 heteroatoms. The average Bonchev–Trinajstić information content (AvgIpc) is 3.20. The van der Waals surface area contributed by atoms with E-state index in [1.807, 2.05) is 6.92 Å². The van der Waals surface area contributed by atoms with E-state index in [9.17, 15) is 22.8 Å². The van der Waals surface area contributed by atoms with E-state index in [4.69, 9.17) is 4.74 Å². The van der Waals surface area contributed by atoms with Crippen LogP contribution in [0.5, 0.6) is 11.5 Å². The molecule has 1 atom stereocenters. The van der Waals surface area contributed by atoms with Crippen LogP contribution in [0.1, 0.15) is 55.0 Å². The van der Waals surface area contributed by atoms with E-state index >= 15 is 0 Å². The highest BCUT2D eigenvalue weighted by molar-refractivity contribution is 7.09. The van der Waals surface area contributed by atoms with Crippen LogP contribution in [0.25, 0.3) is 0 Å². The Bertz CT molecular complexity index is 872. The number of unbranched alkanes of at least 4 members (excludes halogenated alkanes) is 2. The molecule has 2 amide bonds. The molecule has 1 unspecified atom stereocenters. The zero-order valence-electron chi connectivity index (χ0n) is 17.8. The second-order valence-corrected chi connectivity index (χ2v) is 8.02. The fraction of sp³-hybridized carbons (Fsp3) is 0.476. The van der Waals surface area contributed by atoms with Crippen LogP contribution in [-0.2, 0) is 11.3 Å². The molecule has 2 N–H and O–H groups in total. The first-order valence-corrected chi connectivity index (χ1v) is 11.0. The highest BCUT2D eigenvalue weighted by Gasteiger charge is 2.31. The van der Waals surface area contributed by atoms with Gasteiger partial charge in [-0.05, 0) is 37.6 Å². The number of hydrogen-bond donors (Lipinski definition) is 2. The summed E-state index contributed by atoms with van der Waals surface area (Å²) in [6.07, 6.45) is -0.561. The van der Waals surface area contributed by atoms with E-state index in [2.05, 4.69) is 27.3 Å². The van der Waals surface area contributed by atoms with Gasteiger partial charge in [0.25, 0.3) is 11.8 Å². The number of rotatable bonds is 12. The molecule has 0 fully saturated rings. The highest BCUT2D eigenvalue weighted by Crippen LogP contribution is 2.24. The van der Waals surface area contributed by atoms with Gasteiger partial charge in [-0.25, -0.2) is 4.98 Å². The maximum atomic E-state index is 12.3. The van der Waals surface area contributed by atoms with Crippen LogP contribution in [0.3, 0.4) is 0 Å². The van der Waals surface area contributed by atoms with Crippen molar-refractivity contribution in [1.29, 1.82) is 0 Å². The third-order valence-electron chi connectivity index (χ3n) is 4.27. The van der Waals surface area contributed by atoms with Crippen LogP contribution in [0.4, 0.5) is 13.2 Å². The smallest absolute Gasteiger partial charge is 0.484 e. The van der Waals surface area contributed by atoms with Gasteiger partial charge >= 0.3 is 6.36 Å². The van der Waals surface area contributed by atoms with Gasteiger partial charge in [0.15, 0.2) is 6.61 Å². The Labute approximate surface area is 188 Å². The maximum Gasteiger partial charge on any atom is 0.573 e. The van der Waals surface area contributed by atoms with Gasteiger partial charge in [-0.3, -0.25) is 9.59 Å². The van der Waals surface area contributed by atoms with Gasteiger partial charge < -0.3 is 20.1 Å². The van der Waals surface area contributed by atoms with Crippen molar-refractivity contribution in [3.63, 3.8) is 0 Å². The number of hydrogen-bond acceptors (Lipinski definition) is 6. The van der Waals surface area contributed by atoms with Gasteiger partial charge in [0.2, 0.25) is 0 Å². The number of halogens is 3. The van der Waals surface area contributed by atoms with Crippen LogP contribution in [-0.4, -0.2) is 35.8 Å². The van der Waals surface area contributed by atoms with Gasteiger partial charge in [0, 0.05) is 11.4 Å². The van der Waals surface area contributed by atoms with E-state index in [0.29, 0.717) is 10.7 Å². The fourth-order valence-electron chi connectivity index (χ4n) is 2.68. The summed E-state index contributed by atoms with van der Waals surface area (Å²) in [5, 5.41) is 7.73. The second kappa shape index (κ2) is 12.3. The molecule has 2 rings (SSSR count). The average molecular weight is 474 g/mol. The summed E-state index contributed by atoms with van der Waals surface area (Å²) in [6.45, 7) is 3.88. The number of nitrogens with zero attached hydrogens (tertiary/aromatic N) is 1. The zero-order chi connectivity index (χ0) is 23.6. The van der Waals surface area contributed by atoms with Crippen molar-refractivity contribution in [1.82, 2.24) is 15.6 Å². The third kappa shape index (κ3) is 9.54. The number of carbonyl (C=O) groups is 2. The summed E-state index contributed by atoms with van der Waals surface area (Å²) in [4.78, 5) is 28.4. The molecular formula is C21H26F3N3O4S. The quantitative estimate of drug-likeness (QED) is 0.445. The molecule has 0 aliphatic heterocycles. The first-order valence-electron chi connectivity index (χ1n) is 10.2. The molecule has 1 aromatic heterocycles. The van der Waals surface area contributed by atoms with Gasteiger partial charge in [0.1, 0.15) is 22.2 Å². The maximum absolute atomic E-state index is 12.3. The molecule has 2 aromatic rings. The van der Waals surface area contributed by atoms with E-state index in [1.165, 1.54) is 23.5 Å². The Morgan fingerprint density at radius 2 is 1.84 bits per heavy atom. The predicted molar refractivity (Wildman–Crippen MR) is 114 cm³/mol. The number of alkyl halides is 3. The monoisotopic (exact) mass is 473 g/mol. The van der Waals surface area contributed by atoms with Crippen molar-refractivity contribution in [2.24, 2.45) is 0 Å². The van der Waals surface area contributed by atoms with E-state index in [0.717, 1.165) is 37.8 Å². The summed E-state index contributed by atoms with van der Waals surface area (Å²) in [5.41, 5.74) is 0.305. The number of nitrogens with one attached hydrogen (secondary N) is 2. The summed E-state index contributed by atoms with van der Waals surface area (Å²) in [6, 6.07) is 4.78. The van der Waals surface area contributed by atoms with E-state index in [-0.39, 0.29) is 36.6 Å². The summed E-state index contributed by atoms with van der Waals surface area (Å²) in [5.74, 6) is -0.848. The lowest BCUT2D eigenvalue weighted by atomic mass is 10.1. The molecule has 7 nitrogen and oxygen atoms in total. The number of benzene rings is 1. The molecule has 1 heterocycles. The van der Waals surface area contributed by atoms with Crippen molar-refractivity contribution < 1.29 is 32.2 Å². The van der Waals surface area contributed by atoms with Gasteiger partial charge in [-0.1, -0.05) is 26.2 Å². The number of carbonyl (C=O) groups excluding carboxylic acids is 2. The van der Waals surface area contributed by atoms with Gasteiger partial charge in [-0.2, -0.15) is 0 Å². The molecule has 0 saturated heterocycles. The summed E-state index contributed by atoms with van der Waals surface area (Å²) >= 11 is 1.26. The first-order chi connectivity index (χ1) is 15.2. The Balaban J connectivity index is 1.72. The summed E-state index contributed by atoms with van der Waals surface area (Å²) < 4.78 is 45.4. The van der Waals surface area contributed by atoms with E-state index in [1.54, 1.807) is 5.38 Å². The minimum atomic E-state index is -4.77. The lowest BCUT2D eigenvalue weighted by Gasteiger charge is -2.12. The SMILES string of the molecule is CCCCCC(C)NC(=O)c1csc(CNC(=O)COc2ccc(OC(F)(F)F)cc2)n1. The molecule has 0 bridgehead atoms. The standard InChI is InChI=1S/C21H26F3N3O4S/c1-3-4-5-6-14(2)26-20(29)17-13-32-19(27-17)11-25-18(28)12-30-15-7-9-16(10-8-15)31-21(22,23)24/h7-10,13-14H,3-6,11-12H2,1-2H3,(H,25,28)(H,26,29). The lowest BCUT2D eigenvalue weighted by molar-refractivity contribution is -0.274. The van der Waals surface area contributed by atoms with Gasteiger partial charge in [0.05, 0.1) is 6.54 Å². The summed E-state index contributed by atoms with van der Waals surface area (Å²) in [7, 11) is 0. The number of thiazole rings is 1.